The Balaban J connectivity index is 1.58. The molecule has 0 saturated carbocycles. The van der Waals surface area contributed by atoms with E-state index in [1.807, 2.05) is 65.6 Å². The van der Waals surface area contributed by atoms with Gasteiger partial charge in [0, 0.05) is 11.7 Å². The molecule has 0 fully saturated rings. The minimum Gasteiger partial charge on any atom is -0.309 e. The maximum Gasteiger partial charge on any atom is 0.237 e. The number of thiazole rings is 1. The molecule has 1 amide bonds. The van der Waals surface area contributed by atoms with E-state index in [4.69, 9.17) is 0 Å². The standard InChI is InChI=1S/C19H18N4OS2/c1-13(2)22(14-8-4-3-5-9-14)17(24)12-25-18-20-21-19-23(18)15-10-6-7-11-16(15)26-19/h3-11,13H,12H2,1-2H3. The molecule has 2 aromatic carbocycles. The molecule has 26 heavy (non-hydrogen) atoms. The van der Waals surface area contributed by atoms with Gasteiger partial charge in [0.1, 0.15) is 0 Å². The first-order chi connectivity index (χ1) is 12.6. The zero-order chi connectivity index (χ0) is 18.1. The summed E-state index contributed by atoms with van der Waals surface area (Å²) >= 11 is 3.03. The van der Waals surface area contributed by atoms with Crippen molar-refractivity contribution in [2.45, 2.75) is 25.0 Å². The van der Waals surface area contributed by atoms with E-state index in [9.17, 15) is 4.79 Å². The van der Waals surface area contributed by atoms with Gasteiger partial charge in [0.2, 0.25) is 10.9 Å². The fourth-order valence-electron chi connectivity index (χ4n) is 2.96. The van der Waals surface area contributed by atoms with Crippen LogP contribution in [-0.2, 0) is 4.79 Å². The van der Waals surface area contributed by atoms with E-state index in [-0.39, 0.29) is 11.9 Å². The van der Waals surface area contributed by atoms with Gasteiger partial charge in [0.15, 0.2) is 5.16 Å². The number of rotatable bonds is 5. The average Bonchev–Trinajstić information content (AvgIpc) is 3.20. The molecule has 132 valence electrons. The van der Waals surface area contributed by atoms with Gasteiger partial charge in [-0.05, 0) is 38.1 Å². The van der Waals surface area contributed by atoms with Crippen molar-refractivity contribution in [1.82, 2.24) is 14.6 Å². The third-order valence-corrected chi connectivity index (χ3v) is 5.98. The monoisotopic (exact) mass is 382 g/mol. The molecule has 0 atom stereocenters. The SMILES string of the molecule is CC(C)N(C(=O)CSc1nnc2sc3ccccc3n12)c1ccccc1. The Morgan fingerprint density at radius 1 is 1.12 bits per heavy atom. The molecule has 0 unspecified atom stereocenters. The van der Waals surface area contributed by atoms with E-state index in [1.54, 1.807) is 11.3 Å². The molecule has 0 aliphatic rings. The largest absolute Gasteiger partial charge is 0.309 e. The molecule has 4 aromatic rings. The van der Waals surface area contributed by atoms with Crippen LogP contribution in [0.2, 0.25) is 0 Å². The van der Waals surface area contributed by atoms with Crippen LogP contribution >= 0.6 is 23.1 Å². The van der Waals surface area contributed by atoms with Gasteiger partial charge in [0.05, 0.1) is 16.0 Å². The summed E-state index contributed by atoms with van der Waals surface area (Å²) in [6, 6.07) is 18.0. The van der Waals surface area contributed by atoms with Crippen LogP contribution in [0.1, 0.15) is 13.8 Å². The van der Waals surface area contributed by atoms with Crippen LogP contribution in [0.25, 0.3) is 15.2 Å². The van der Waals surface area contributed by atoms with Crippen LogP contribution in [0.15, 0.2) is 59.8 Å². The third-order valence-electron chi connectivity index (χ3n) is 4.06. The highest BCUT2D eigenvalue weighted by molar-refractivity contribution is 7.99. The van der Waals surface area contributed by atoms with Crippen molar-refractivity contribution in [2.24, 2.45) is 0 Å². The number of benzene rings is 2. The molecule has 2 aromatic heterocycles. The minimum absolute atomic E-state index is 0.0625. The number of aromatic nitrogens is 3. The summed E-state index contributed by atoms with van der Waals surface area (Å²) < 4.78 is 3.19. The maximum atomic E-state index is 12.9. The predicted octanol–water partition coefficient (Wildman–Crippen LogP) is 4.48. The van der Waals surface area contributed by atoms with Crippen molar-refractivity contribution in [3.05, 3.63) is 54.6 Å². The van der Waals surface area contributed by atoms with Crippen molar-refractivity contribution in [3.8, 4) is 0 Å². The third kappa shape index (κ3) is 3.08. The van der Waals surface area contributed by atoms with Crippen LogP contribution < -0.4 is 4.90 Å². The Bertz CT molecular complexity index is 1060. The van der Waals surface area contributed by atoms with Crippen molar-refractivity contribution in [2.75, 3.05) is 10.7 Å². The molecule has 0 radical (unpaired) electrons. The molecule has 5 nitrogen and oxygen atoms in total. The second kappa shape index (κ2) is 7.09. The number of carbonyl (C=O) groups excluding carboxylic acids is 1. The Morgan fingerprint density at radius 2 is 1.85 bits per heavy atom. The molecule has 4 rings (SSSR count). The van der Waals surface area contributed by atoms with Gasteiger partial charge in [-0.25, -0.2) is 0 Å². The highest BCUT2D eigenvalue weighted by Gasteiger charge is 2.20. The molecular weight excluding hydrogens is 364 g/mol. The van der Waals surface area contributed by atoms with E-state index in [0.29, 0.717) is 5.75 Å². The number of nitrogens with zero attached hydrogens (tertiary/aromatic N) is 4. The van der Waals surface area contributed by atoms with Crippen molar-refractivity contribution >= 4 is 49.9 Å². The molecule has 7 heteroatoms. The number of amides is 1. The van der Waals surface area contributed by atoms with Crippen LogP contribution in [0.3, 0.4) is 0 Å². The first-order valence-corrected chi connectivity index (χ1v) is 10.2. The summed E-state index contributed by atoms with van der Waals surface area (Å²) in [7, 11) is 0. The fourth-order valence-corrected chi connectivity index (χ4v) is 4.79. The molecule has 0 aliphatic carbocycles. The van der Waals surface area contributed by atoms with Gasteiger partial charge in [-0.3, -0.25) is 9.20 Å². The number of thioether (sulfide) groups is 1. The summed E-state index contributed by atoms with van der Waals surface area (Å²) in [6.45, 7) is 4.05. The zero-order valence-corrected chi connectivity index (χ0v) is 16.1. The lowest BCUT2D eigenvalue weighted by Crippen LogP contribution is -2.38. The van der Waals surface area contributed by atoms with E-state index in [2.05, 4.69) is 22.3 Å². The maximum absolute atomic E-state index is 12.9. The second-order valence-electron chi connectivity index (χ2n) is 6.15. The van der Waals surface area contributed by atoms with Crippen LogP contribution in [0.5, 0.6) is 0 Å². The summed E-state index contributed by atoms with van der Waals surface area (Å²) in [5, 5.41) is 9.28. The van der Waals surface area contributed by atoms with Crippen LogP contribution in [0, 0.1) is 0 Å². The number of para-hydroxylation sites is 2. The number of fused-ring (bicyclic) bond motifs is 3. The lowest BCUT2D eigenvalue weighted by atomic mass is 10.2. The first kappa shape index (κ1) is 17.1. The Labute approximate surface area is 159 Å². The topological polar surface area (TPSA) is 50.5 Å². The smallest absolute Gasteiger partial charge is 0.237 e. The molecule has 2 heterocycles. The van der Waals surface area contributed by atoms with E-state index in [1.165, 1.54) is 16.5 Å². The van der Waals surface area contributed by atoms with Gasteiger partial charge in [0.25, 0.3) is 0 Å². The van der Waals surface area contributed by atoms with Gasteiger partial charge in [-0.1, -0.05) is 53.4 Å². The zero-order valence-electron chi connectivity index (χ0n) is 14.5. The lowest BCUT2D eigenvalue weighted by Gasteiger charge is -2.26. The molecular formula is C19H18N4OS2. The fraction of sp³-hybridized carbons (Fsp3) is 0.211. The van der Waals surface area contributed by atoms with E-state index >= 15 is 0 Å². The number of carbonyl (C=O) groups is 1. The quantitative estimate of drug-likeness (QED) is 0.478. The van der Waals surface area contributed by atoms with Gasteiger partial charge < -0.3 is 4.90 Å². The van der Waals surface area contributed by atoms with E-state index < -0.39 is 0 Å². The van der Waals surface area contributed by atoms with Crippen molar-refractivity contribution < 1.29 is 4.79 Å². The first-order valence-electron chi connectivity index (χ1n) is 8.37. The van der Waals surface area contributed by atoms with Crippen LogP contribution in [0.4, 0.5) is 5.69 Å². The van der Waals surface area contributed by atoms with Gasteiger partial charge >= 0.3 is 0 Å². The highest BCUT2D eigenvalue weighted by atomic mass is 32.2. The average molecular weight is 383 g/mol. The molecule has 0 N–H and O–H groups in total. The van der Waals surface area contributed by atoms with Gasteiger partial charge in [-0.2, -0.15) is 0 Å². The van der Waals surface area contributed by atoms with Crippen molar-refractivity contribution in [1.29, 1.82) is 0 Å². The van der Waals surface area contributed by atoms with Gasteiger partial charge in [-0.15, -0.1) is 10.2 Å². The molecule has 0 saturated heterocycles. The molecule has 0 aliphatic heterocycles. The number of anilines is 1. The number of hydrogen-bond acceptors (Lipinski definition) is 5. The Morgan fingerprint density at radius 3 is 2.62 bits per heavy atom. The molecule has 0 spiro atoms. The number of hydrogen-bond donors (Lipinski definition) is 0. The summed E-state index contributed by atoms with van der Waals surface area (Å²) in [5.41, 5.74) is 2.00. The minimum atomic E-state index is 0.0625. The summed E-state index contributed by atoms with van der Waals surface area (Å²) in [4.78, 5) is 15.6. The van der Waals surface area contributed by atoms with Crippen LogP contribution in [-0.4, -0.2) is 32.3 Å². The normalized spacial score (nSPS) is 11.5. The molecule has 0 bridgehead atoms. The Hall–Kier alpha value is -2.38. The highest BCUT2D eigenvalue weighted by Crippen LogP contribution is 2.30. The van der Waals surface area contributed by atoms with Crippen molar-refractivity contribution in [3.63, 3.8) is 0 Å². The van der Waals surface area contributed by atoms with E-state index in [0.717, 1.165) is 21.3 Å². The predicted molar refractivity (Wildman–Crippen MR) is 108 cm³/mol. The summed E-state index contributed by atoms with van der Waals surface area (Å²) in [6.07, 6.45) is 0. The Kier molecular flexibility index (Phi) is 4.65. The second-order valence-corrected chi connectivity index (χ2v) is 8.10. The summed E-state index contributed by atoms with van der Waals surface area (Å²) in [5.74, 6) is 0.380. The lowest BCUT2D eigenvalue weighted by molar-refractivity contribution is -0.116.